The van der Waals surface area contributed by atoms with Crippen LogP contribution in [0.3, 0.4) is 0 Å². The van der Waals surface area contributed by atoms with Crippen LogP contribution in [-0.2, 0) is 11.3 Å². The van der Waals surface area contributed by atoms with Gasteiger partial charge in [0, 0.05) is 25.2 Å². The van der Waals surface area contributed by atoms with E-state index in [9.17, 15) is 14.9 Å². The number of rotatable bonds is 7. The Bertz CT molecular complexity index is 928. The summed E-state index contributed by atoms with van der Waals surface area (Å²) in [4.78, 5) is 29.2. The first-order chi connectivity index (χ1) is 12.6. The van der Waals surface area contributed by atoms with Crippen LogP contribution in [0.5, 0.6) is 0 Å². The van der Waals surface area contributed by atoms with Crippen molar-refractivity contribution in [2.75, 3.05) is 12.3 Å². The van der Waals surface area contributed by atoms with Crippen LogP contribution in [0.15, 0.2) is 52.9 Å². The second-order valence-corrected chi connectivity index (χ2v) is 7.82. The van der Waals surface area contributed by atoms with Gasteiger partial charge in [-0.2, -0.15) is 0 Å². The maximum absolute atomic E-state index is 12.5. The van der Waals surface area contributed by atoms with Crippen molar-refractivity contribution >= 4 is 44.9 Å². The van der Waals surface area contributed by atoms with E-state index >= 15 is 0 Å². The van der Waals surface area contributed by atoms with Crippen molar-refractivity contribution in [1.82, 2.24) is 9.88 Å². The number of amides is 1. The van der Waals surface area contributed by atoms with Gasteiger partial charge in [-0.15, -0.1) is 11.3 Å². The van der Waals surface area contributed by atoms with Gasteiger partial charge in [0.05, 0.1) is 20.9 Å². The van der Waals surface area contributed by atoms with Gasteiger partial charge in [0.15, 0.2) is 4.34 Å². The van der Waals surface area contributed by atoms with Crippen LogP contribution in [-0.4, -0.2) is 33.0 Å². The predicted molar refractivity (Wildman–Crippen MR) is 105 cm³/mol. The summed E-state index contributed by atoms with van der Waals surface area (Å²) in [6.07, 6.45) is 0. The highest BCUT2D eigenvalue weighted by Gasteiger charge is 2.15. The van der Waals surface area contributed by atoms with Gasteiger partial charge in [0.2, 0.25) is 5.91 Å². The fourth-order valence-electron chi connectivity index (χ4n) is 2.46. The summed E-state index contributed by atoms with van der Waals surface area (Å²) in [5.74, 6) is 0.342. The Balaban J connectivity index is 1.64. The zero-order valence-electron chi connectivity index (χ0n) is 14.1. The highest BCUT2D eigenvalue weighted by atomic mass is 32.2. The molecule has 0 aliphatic rings. The van der Waals surface area contributed by atoms with Gasteiger partial charge in [-0.1, -0.05) is 42.1 Å². The molecule has 6 nitrogen and oxygen atoms in total. The molecule has 0 radical (unpaired) electrons. The molecule has 0 saturated heterocycles. The summed E-state index contributed by atoms with van der Waals surface area (Å²) in [5, 5.41) is 10.9. The first kappa shape index (κ1) is 18.3. The molecule has 1 amide bonds. The minimum atomic E-state index is -0.418. The standard InChI is InChI=1S/C18H17N3O3S2/c1-2-20(11-13-6-4-3-5-7-13)17(22)12-25-18-19-15-9-8-14(21(23)24)10-16(15)26-18/h3-10H,2,11-12H2,1H3. The topological polar surface area (TPSA) is 76.3 Å². The van der Waals surface area contributed by atoms with E-state index in [1.165, 1.54) is 35.2 Å². The van der Waals surface area contributed by atoms with E-state index in [-0.39, 0.29) is 11.6 Å². The maximum atomic E-state index is 12.5. The lowest BCUT2D eigenvalue weighted by molar-refractivity contribution is -0.384. The summed E-state index contributed by atoms with van der Waals surface area (Å²) in [6, 6.07) is 14.5. The van der Waals surface area contributed by atoms with Gasteiger partial charge in [-0.3, -0.25) is 14.9 Å². The Kier molecular flexibility index (Phi) is 5.85. The normalized spacial score (nSPS) is 10.8. The largest absolute Gasteiger partial charge is 0.338 e. The summed E-state index contributed by atoms with van der Waals surface area (Å²) < 4.78 is 1.50. The predicted octanol–water partition coefficient (Wildman–Crippen LogP) is 4.35. The number of aromatic nitrogens is 1. The molecule has 0 atom stereocenters. The van der Waals surface area contributed by atoms with E-state index in [4.69, 9.17) is 0 Å². The molecule has 0 saturated carbocycles. The van der Waals surface area contributed by atoms with Crippen molar-refractivity contribution in [3.63, 3.8) is 0 Å². The Labute approximate surface area is 159 Å². The summed E-state index contributed by atoms with van der Waals surface area (Å²) in [5.41, 5.74) is 1.86. The van der Waals surface area contributed by atoms with E-state index in [0.29, 0.717) is 24.4 Å². The Hall–Kier alpha value is -2.45. The number of nitro benzene ring substituents is 1. The highest BCUT2D eigenvalue weighted by Crippen LogP contribution is 2.31. The third-order valence-electron chi connectivity index (χ3n) is 3.83. The first-order valence-corrected chi connectivity index (χ1v) is 9.86. The van der Waals surface area contributed by atoms with Crippen molar-refractivity contribution in [1.29, 1.82) is 0 Å². The first-order valence-electron chi connectivity index (χ1n) is 8.06. The van der Waals surface area contributed by atoms with E-state index in [1.54, 1.807) is 11.0 Å². The number of nitro groups is 1. The van der Waals surface area contributed by atoms with Gasteiger partial charge in [-0.05, 0) is 18.6 Å². The summed E-state index contributed by atoms with van der Waals surface area (Å²) in [6.45, 7) is 3.19. The average molecular weight is 387 g/mol. The fourth-order valence-corrected chi connectivity index (χ4v) is 4.47. The second kappa shape index (κ2) is 8.29. The van der Waals surface area contributed by atoms with Gasteiger partial charge in [0.25, 0.3) is 5.69 Å². The molecule has 134 valence electrons. The molecule has 3 rings (SSSR count). The van der Waals surface area contributed by atoms with Crippen molar-refractivity contribution in [2.45, 2.75) is 17.8 Å². The van der Waals surface area contributed by atoms with Crippen LogP contribution in [0, 0.1) is 10.1 Å². The molecule has 0 bridgehead atoms. The SMILES string of the molecule is CCN(Cc1ccccc1)C(=O)CSc1nc2ccc([N+](=O)[O-])cc2s1. The number of carbonyl (C=O) groups is 1. The molecule has 0 aliphatic carbocycles. The van der Waals surface area contributed by atoms with E-state index in [0.717, 1.165) is 14.6 Å². The zero-order chi connectivity index (χ0) is 18.5. The maximum Gasteiger partial charge on any atom is 0.270 e. The lowest BCUT2D eigenvalue weighted by atomic mass is 10.2. The number of fused-ring (bicyclic) bond motifs is 1. The molecule has 8 heteroatoms. The molecule has 26 heavy (non-hydrogen) atoms. The molecular weight excluding hydrogens is 370 g/mol. The quantitative estimate of drug-likeness (QED) is 0.342. The molecule has 0 fully saturated rings. The highest BCUT2D eigenvalue weighted by molar-refractivity contribution is 8.01. The molecule has 0 unspecified atom stereocenters. The van der Waals surface area contributed by atoms with E-state index in [1.807, 2.05) is 37.3 Å². The zero-order valence-corrected chi connectivity index (χ0v) is 15.8. The van der Waals surface area contributed by atoms with Gasteiger partial charge < -0.3 is 4.90 Å². The lowest BCUT2D eigenvalue weighted by Crippen LogP contribution is -2.31. The fraction of sp³-hybridized carbons (Fsp3) is 0.222. The minimum absolute atomic E-state index is 0.0478. The molecular formula is C18H17N3O3S2. The Morgan fingerprint density at radius 1 is 1.27 bits per heavy atom. The van der Waals surface area contributed by atoms with Crippen LogP contribution in [0.1, 0.15) is 12.5 Å². The van der Waals surface area contributed by atoms with Gasteiger partial charge >= 0.3 is 0 Å². The minimum Gasteiger partial charge on any atom is -0.338 e. The molecule has 0 aliphatic heterocycles. The number of nitrogens with zero attached hydrogens (tertiary/aromatic N) is 3. The number of thioether (sulfide) groups is 1. The van der Waals surface area contributed by atoms with Gasteiger partial charge in [-0.25, -0.2) is 4.98 Å². The number of hydrogen-bond acceptors (Lipinski definition) is 6. The molecule has 1 heterocycles. The van der Waals surface area contributed by atoms with Crippen LogP contribution in [0.25, 0.3) is 10.2 Å². The number of carbonyl (C=O) groups excluding carboxylic acids is 1. The van der Waals surface area contributed by atoms with Crippen LogP contribution in [0.4, 0.5) is 5.69 Å². The summed E-state index contributed by atoms with van der Waals surface area (Å²) in [7, 11) is 0. The molecule has 0 spiro atoms. The van der Waals surface area contributed by atoms with Crippen LogP contribution < -0.4 is 0 Å². The lowest BCUT2D eigenvalue weighted by Gasteiger charge is -2.20. The van der Waals surface area contributed by atoms with Gasteiger partial charge in [0.1, 0.15) is 0 Å². The van der Waals surface area contributed by atoms with E-state index < -0.39 is 4.92 Å². The molecule has 3 aromatic rings. The number of non-ortho nitro benzene ring substituents is 1. The van der Waals surface area contributed by atoms with Crippen LogP contribution >= 0.6 is 23.1 Å². The van der Waals surface area contributed by atoms with Crippen molar-refractivity contribution in [3.8, 4) is 0 Å². The number of hydrogen-bond donors (Lipinski definition) is 0. The average Bonchev–Trinajstić information content (AvgIpc) is 3.07. The van der Waals surface area contributed by atoms with Crippen LogP contribution in [0.2, 0.25) is 0 Å². The number of benzene rings is 2. The van der Waals surface area contributed by atoms with Crippen molar-refractivity contribution in [2.24, 2.45) is 0 Å². The monoisotopic (exact) mass is 387 g/mol. The van der Waals surface area contributed by atoms with Crippen molar-refractivity contribution < 1.29 is 9.72 Å². The van der Waals surface area contributed by atoms with E-state index in [2.05, 4.69) is 4.98 Å². The number of thiazole rings is 1. The molecule has 0 N–H and O–H groups in total. The summed E-state index contributed by atoms with van der Waals surface area (Å²) >= 11 is 2.74. The third-order valence-corrected chi connectivity index (χ3v) is 5.98. The Morgan fingerprint density at radius 3 is 2.73 bits per heavy atom. The molecule has 1 aromatic heterocycles. The second-order valence-electron chi connectivity index (χ2n) is 5.57. The smallest absolute Gasteiger partial charge is 0.270 e. The third kappa shape index (κ3) is 4.39. The van der Waals surface area contributed by atoms with Crippen molar-refractivity contribution in [3.05, 3.63) is 64.2 Å². The molecule has 2 aromatic carbocycles. The Morgan fingerprint density at radius 2 is 2.04 bits per heavy atom.